The summed E-state index contributed by atoms with van der Waals surface area (Å²) >= 11 is 2.76. The molecular formula is C15H13N3O2S2. The fourth-order valence-electron chi connectivity index (χ4n) is 1.96. The number of nitrogens with zero attached hydrogens (tertiary/aromatic N) is 1. The summed E-state index contributed by atoms with van der Waals surface area (Å²) in [5, 5.41) is 7.66. The summed E-state index contributed by atoms with van der Waals surface area (Å²) in [5.74, 6) is -0.535. The molecule has 0 atom stereocenters. The molecular weight excluding hydrogens is 318 g/mol. The maximum absolute atomic E-state index is 11.9. The molecule has 1 aromatic carbocycles. The lowest BCUT2D eigenvalue weighted by molar-refractivity contribution is -0.115. The van der Waals surface area contributed by atoms with E-state index >= 15 is 0 Å². The van der Waals surface area contributed by atoms with Crippen LogP contribution in [-0.4, -0.2) is 23.3 Å². The molecule has 0 aliphatic carbocycles. The molecule has 3 aromatic rings. The second kappa shape index (κ2) is 6.25. The van der Waals surface area contributed by atoms with Crippen molar-refractivity contribution in [1.29, 1.82) is 0 Å². The van der Waals surface area contributed by atoms with Crippen molar-refractivity contribution in [2.24, 2.45) is 0 Å². The van der Waals surface area contributed by atoms with Gasteiger partial charge in [0, 0.05) is 0 Å². The van der Waals surface area contributed by atoms with Crippen molar-refractivity contribution in [3.05, 3.63) is 46.2 Å². The minimum Gasteiger partial charge on any atom is -0.342 e. The van der Waals surface area contributed by atoms with Gasteiger partial charge in [-0.3, -0.25) is 9.59 Å². The number of aromatic nitrogens is 1. The van der Waals surface area contributed by atoms with Gasteiger partial charge in [0.2, 0.25) is 5.91 Å². The van der Waals surface area contributed by atoms with E-state index in [9.17, 15) is 9.59 Å². The van der Waals surface area contributed by atoms with Crippen LogP contribution in [0, 0.1) is 6.92 Å². The van der Waals surface area contributed by atoms with Gasteiger partial charge in [0.1, 0.15) is 0 Å². The third kappa shape index (κ3) is 3.15. The molecule has 0 radical (unpaired) electrons. The molecule has 3 rings (SSSR count). The number of hydrogen-bond acceptors (Lipinski definition) is 5. The number of para-hydroxylation sites is 1. The first-order chi connectivity index (χ1) is 10.6. The molecule has 2 heterocycles. The molecule has 112 valence electrons. The van der Waals surface area contributed by atoms with Crippen LogP contribution in [0.1, 0.15) is 15.2 Å². The topological polar surface area (TPSA) is 71.1 Å². The number of amides is 2. The van der Waals surface area contributed by atoms with Gasteiger partial charge in [-0.1, -0.05) is 29.5 Å². The van der Waals surface area contributed by atoms with Gasteiger partial charge in [-0.2, -0.15) is 0 Å². The molecule has 0 bridgehead atoms. The monoisotopic (exact) mass is 331 g/mol. The number of rotatable bonds is 4. The summed E-state index contributed by atoms with van der Waals surface area (Å²) in [6.45, 7) is 1.90. The molecule has 2 aromatic heterocycles. The molecule has 0 aliphatic heterocycles. The van der Waals surface area contributed by atoms with Crippen LogP contribution in [0.25, 0.3) is 10.2 Å². The number of nitrogens with one attached hydrogen (secondary N) is 2. The summed E-state index contributed by atoms with van der Waals surface area (Å²) < 4.78 is 1.03. The van der Waals surface area contributed by atoms with E-state index in [2.05, 4.69) is 15.6 Å². The lowest BCUT2D eigenvalue weighted by Crippen LogP contribution is -2.32. The minimum absolute atomic E-state index is 0.0777. The van der Waals surface area contributed by atoms with Gasteiger partial charge in [-0.15, -0.1) is 11.3 Å². The maximum Gasteiger partial charge on any atom is 0.261 e. The second-order valence-corrected chi connectivity index (χ2v) is 6.63. The summed E-state index contributed by atoms with van der Waals surface area (Å²) in [6.07, 6.45) is 0. The van der Waals surface area contributed by atoms with Crippen LogP contribution in [0.2, 0.25) is 0 Å². The number of thiazole rings is 1. The van der Waals surface area contributed by atoms with Gasteiger partial charge < -0.3 is 10.6 Å². The van der Waals surface area contributed by atoms with Crippen LogP contribution in [0.4, 0.5) is 5.13 Å². The van der Waals surface area contributed by atoms with Gasteiger partial charge in [0.05, 0.1) is 21.6 Å². The molecule has 0 spiro atoms. The van der Waals surface area contributed by atoms with E-state index in [0.29, 0.717) is 10.0 Å². The maximum atomic E-state index is 11.9. The van der Waals surface area contributed by atoms with E-state index in [1.807, 2.05) is 30.5 Å². The summed E-state index contributed by atoms with van der Waals surface area (Å²) in [5.41, 5.74) is 1.96. The van der Waals surface area contributed by atoms with Crippen LogP contribution in [0.5, 0.6) is 0 Å². The van der Waals surface area contributed by atoms with Crippen molar-refractivity contribution in [1.82, 2.24) is 10.3 Å². The summed E-state index contributed by atoms with van der Waals surface area (Å²) in [4.78, 5) is 28.6. The molecule has 0 saturated carbocycles. The molecule has 2 amide bonds. The molecule has 0 unspecified atom stereocenters. The number of fused-ring (bicyclic) bond motifs is 1. The molecule has 7 heteroatoms. The number of thiophene rings is 1. The number of benzene rings is 1. The first kappa shape index (κ1) is 14.7. The Balaban J connectivity index is 1.61. The standard InChI is InChI=1S/C15H13N3O2S2/c1-9-4-2-5-10-13(9)18-15(22-10)17-12(19)8-16-14(20)11-6-3-7-21-11/h2-7H,8H2,1H3,(H,16,20)(H,17,18,19). The molecule has 0 saturated heterocycles. The van der Waals surface area contributed by atoms with Gasteiger partial charge in [0.15, 0.2) is 5.13 Å². The Hall–Kier alpha value is -2.25. The van der Waals surface area contributed by atoms with Gasteiger partial charge in [0.25, 0.3) is 5.91 Å². The van der Waals surface area contributed by atoms with Gasteiger partial charge >= 0.3 is 0 Å². The van der Waals surface area contributed by atoms with E-state index in [0.717, 1.165) is 15.8 Å². The van der Waals surface area contributed by atoms with Crippen LogP contribution in [0.3, 0.4) is 0 Å². The molecule has 5 nitrogen and oxygen atoms in total. The predicted octanol–water partition coefficient (Wildman–Crippen LogP) is 3.03. The molecule has 0 aliphatic rings. The van der Waals surface area contributed by atoms with Crippen molar-refractivity contribution in [2.45, 2.75) is 6.92 Å². The average molecular weight is 331 g/mol. The number of carbonyl (C=O) groups is 2. The lowest BCUT2D eigenvalue weighted by atomic mass is 10.2. The Morgan fingerprint density at radius 3 is 2.82 bits per heavy atom. The van der Waals surface area contributed by atoms with Crippen LogP contribution < -0.4 is 10.6 Å². The Kier molecular flexibility index (Phi) is 4.17. The third-order valence-corrected chi connectivity index (χ3v) is 4.83. The van der Waals surface area contributed by atoms with Crippen molar-refractivity contribution >= 4 is 49.8 Å². The third-order valence-electron chi connectivity index (χ3n) is 3.02. The highest BCUT2D eigenvalue weighted by Crippen LogP contribution is 2.27. The highest BCUT2D eigenvalue weighted by Gasteiger charge is 2.11. The Bertz CT molecular complexity index is 825. The van der Waals surface area contributed by atoms with Crippen molar-refractivity contribution in [3.8, 4) is 0 Å². The van der Waals surface area contributed by atoms with E-state index in [-0.39, 0.29) is 18.4 Å². The zero-order valence-electron chi connectivity index (χ0n) is 11.8. The Morgan fingerprint density at radius 1 is 1.23 bits per heavy atom. The number of hydrogen-bond donors (Lipinski definition) is 2. The highest BCUT2D eigenvalue weighted by molar-refractivity contribution is 7.22. The van der Waals surface area contributed by atoms with E-state index in [4.69, 9.17) is 0 Å². The zero-order valence-corrected chi connectivity index (χ0v) is 13.4. The fraction of sp³-hybridized carbons (Fsp3) is 0.133. The normalized spacial score (nSPS) is 10.6. The summed E-state index contributed by atoms with van der Waals surface area (Å²) in [7, 11) is 0. The number of carbonyl (C=O) groups excluding carboxylic acids is 2. The van der Waals surface area contributed by atoms with Crippen LogP contribution in [0.15, 0.2) is 35.7 Å². The van der Waals surface area contributed by atoms with Crippen LogP contribution in [-0.2, 0) is 4.79 Å². The quantitative estimate of drug-likeness (QED) is 0.772. The van der Waals surface area contributed by atoms with Crippen LogP contribution >= 0.6 is 22.7 Å². The van der Waals surface area contributed by atoms with Crippen molar-refractivity contribution in [3.63, 3.8) is 0 Å². The Labute approximate surface area is 135 Å². The SMILES string of the molecule is Cc1cccc2sc(NC(=O)CNC(=O)c3cccs3)nc12. The second-order valence-electron chi connectivity index (χ2n) is 4.65. The first-order valence-corrected chi connectivity index (χ1v) is 8.31. The molecule has 22 heavy (non-hydrogen) atoms. The van der Waals surface area contributed by atoms with Gasteiger partial charge in [-0.05, 0) is 30.0 Å². The van der Waals surface area contributed by atoms with E-state index in [1.54, 1.807) is 12.1 Å². The fourth-order valence-corrected chi connectivity index (χ4v) is 3.56. The van der Waals surface area contributed by atoms with Crippen molar-refractivity contribution in [2.75, 3.05) is 11.9 Å². The minimum atomic E-state index is -0.290. The Morgan fingerprint density at radius 2 is 2.09 bits per heavy atom. The van der Waals surface area contributed by atoms with Crippen molar-refractivity contribution < 1.29 is 9.59 Å². The zero-order chi connectivity index (χ0) is 15.5. The number of aryl methyl sites for hydroxylation is 1. The smallest absolute Gasteiger partial charge is 0.261 e. The first-order valence-electron chi connectivity index (χ1n) is 6.61. The predicted molar refractivity (Wildman–Crippen MR) is 89.6 cm³/mol. The van der Waals surface area contributed by atoms with E-state index in [1.165, 1.54) is 22.7 Å². The average Bonchev–Trinajstić information content (AvgIpc) is 3.14. The largest absolute Gasteiger partial charge is 0.342 e. The molecule has 0 fully saturated rings. The lowest BCUT2D eigenvalue weighted by Gasteiger charge is -2.03. The number of anilines is 1. The molecule has 2 N–H and O–H groups in total. The van der Waals surface area contributed by atoms with E-state index < -0.39 is 0 Å². The summed E-state index contributed by atoms with van der Waals surface area (Å²) in [6, 6.07) is 9.42. The van der Waals surface area contributed by atoms with Gasteiger partial charge in [-0.25, -0.2) is 4.98 Å². The highest BCUT2D eigenvalue weighted by atomic mass is 32.1.